The second kappa shape index (κ2) is 4.76. The average molecular weight is 263 g/mol. The Morgan fingerprint density at radius 1 is 1.42 bits per heavy atom. The molecule has 1 atom stereocenters. The molecule has 1 aliphatic carbocycles. The summed E-state index contributed by atoms with van der Waals surface area (Å²) < 4.78 is 5.38. The normalized spacial score (nSPS) is 18.0. The topological polar surface area (TPSA) is 49.8 Å². The minimum atomic E-state index is -0.494. The van der Waals surface area contributed by atoms with Crippen molar-refractivity contribution in [2.24, 2.45) is 0 Å². The number of ether oxygens (including phenoxy) is 1. The molecular weight excluding hydrogens is 242 g/mol. The molecule has 1 N–H and O–H groups in total. The molecule has 4 nitrogen and oxygen atoms in total. The molecule has 0 fully saturated rings. The molecule has 0 aromatic heterocycles. The summed E-state index contributed by atoms with van der Waals surface area (Å²) in [7, 11) is 1.75. The molecule has 0 saturated heterocycles. The number of amides is 1. The maximum Gasteiger partial charge on any atom is 0.410 e. The van der Waals surface area contributed by atoms with Crippen LogP contribution in [0.4, 0.5) is 4.79 Å². The first-order chi connectivity index (χ1) is 8.79. The zero-order valence-electron chi connectivity index (χ0n) is 11.9. The Balaban J connectivity index is 2.17. The van der Waals surface area contributed by atoms with Crippen LogP contribution >= 0.6 is 0 Å². The lowest BCUT2D eigenvalue weighted by Gasteiger charge is -2.29. The lowest BCUT2D eigenvalue weighted by atomic mass is 10.1. The van der Waals surface area contributed by atoms with E-state index in [1.165, 1.54) is 0 Å². The second-order valence-corrected chi connectivity index (χ2v) is 5.99. The summed E-state index contributed by atoms with van der Waals surface area (Å²) >= 11 is 0. The third-order valence-electron chi connectivity index (χ3n) is 3.36. The van der Waals surface area contributed by atoms with Crippen LogP contribution in [0.3, 0.4) is 0 Å². The molecule has 0 aliphatic heterocycles. The van der Waals surface area contributed by atoms with Gasteiger partial charge in [-0.2, -0.15) is 0 Å². The smallest absolute Gasteiger partial charge is 0.410 e. The fraction of sp³-hybridized carbons (Fsp3) is 0.533. The van der Waals surface area contributed by atoms with Gasteiger partial charge in [0, 0.05) is 7.05 Å². The lowest BCUT2D eigenvalue weighted by Crippen LogP contribution is -2.36. The van der Waals surface area contributed by atoms with Crippen LogP contribution in [-0.2, 0) is 11.2 Å². The summed E-state index contributed by atoms with van der Waals surface area (Å²) in [6.45, 7) is 5.56. The number of carbonyl (C=O) groups excluding carboxylic acids is 1. The van der Waals surface area contributed by atoms with Crippen LogP contribution in [0.25, 0.3) is 0 Å². The molecule has 2 rings (SSSR count). The highest BCUT2D eigenvalue weighted by Gasteiger charge is 2.32. The van der Waals surface area contributed by atoms with Crippen LogP contribution in [0.15, 0.2) is 18.2 Å². The quantitative estimate of drug-likeness (QED) is 0.846. The van der Waals surface area contributed by atoms with E-state index in [0.717, 1.165) is 24.0 Å². The number of nitrogens with zero attached hydrogens (tertiary/aromatic N) is 1. The predicted molar refractivity (Wildman–Crippen MR) is 73.2 cm³/mol. The first kappa shape index (κ1) is 13.7. The number of carbonyl (C=O) groups is 1. The fourth-order valence-electron chi connectivity index (χ4n) is 2.48. The van der Waals surface area contributed by atoms with E-state index < -0.39 is 5.60 Å². The van der Waals surface area contributed by atoms with E-state index in [9.17, 15) is 9.90 Å². The van der Waals surface area contributed by atoms with Crippen molar-refractivity contribution in [1.82, 2.24) is 4.90 Å². The Labute approximate surface area is 114 Å². The van der Waals surface area contributed by atoms with Gasteiger partial charge in [0.2, 0.25) is 0 Å². The molecule has 1 aliphatic rings. The predicted octanol–water partition coefficient (Wildman–Crippen LogP) is 3.25. The van der Waals surface area contributed by atoms with Gasteiger partial charge in [-0.1, -0.05) is 12.1 Å². The van der Waals surface area contributed by atoms with Crippen molar-refractivity contribution < 1.29 is 14.6 Å². The Hall–Kier alpha value is -1.71. The van der Waals surface area contributed by atoms with Gasteiger partial charge >= 0.3 is 6.09 Å². The molecule has 1 amide bonds. The first-order valence-electron chi connectivity index (χ1n) is 6.56. The third kappa shape index (κ3) is 2.83. The Morgan fingerprint density at radius 3 is 2.74 bits per heavy atom. The van der Waals surface area contributed by atoms with Crippen molar-refractivity contribution in [2.75, 3.05) is 7.05 Å². The highest BCUT2D eigenvalue weighted by atomic mass is 16.6. The van der Waals surface area contributed by atoms with Crippen LogP contribution in [0.5, 0.6) is 5.75 Å². The second-order valence-electron chi connectivity index (χ2n) is 5.99. The minimum absolute atomic E-state index is 0.0167. The standard InChI is InChI=1S/C15H21NO3/c1-15(2,3)19-14(18)16(4)12-9-8-11-10(12)6-5-7-13(11)17/h5-7,12,17H,8-9H2,1-4H3. The van der Waals surface area contributed by atoms with Crippen LogP contribution in [0, 0.1) is 0 Å². The Bertz CT molecular complexity index is 491. The van der Waals surface area contributed by atoms with Gasteiger partial charge < -0.3 is 14.7 Å². The van der Waals surface area contributed by atoms with Gasteiger partial charge in [0.25, 0.3) is 0 Å². The highest BCUT2D eigenvalue weighted by Crippen LogP contribution is 2.39. The van der Waals surface area contributed by atoms with E-state index in [0.29, 0.717) is 5.75 Å². The maximum atomic E-state index is 12.1. The zero-order valence-corrected chi connectivity index (χ0v) is 11.9. The van der Waals surface area contributed by atoms with Crippen molar-refractivity contribution in [3.63, 3.8) is 0 Å². The third-order valence-corrected chi connectivity index (χ3v) is 3.36. The molecule has 0 saturated carbocycles. The van der Waals surface area contributed by atoms with E-state index in [1.54, 1.807) is 18.0 Å². The number of hydrogen-bond donors (Lipinski definition) is 1. The van der Waals surface area contributed by atoms with Crippen LogP contribution < -0.4 is 0 Å². The Morgan fingerprint density at radius 2 is 2.11 bits per heavy atom. The molecule has 1 unspecified atom stereocenters. The van der Waals surface area contributed by atoms with Crippen molar-refractivity contribution in [3.8, 4) is 5.75 Å². The fourth-order valence-corrected chi connectivity index (χ4v) is 2.48. The van der Waals surface area contributed by atoms with Gasteiger partial charge in [0.1, 0.15) is 11.4 Å². The van der Waals surface area contributed by atoms with Crippen molar-refractivity contribution in [3.05, 3.63) is 29.3 Å². The zero-order chi connectivity index (χ0) is 14.2. The number of rotatable bonds is 1. The molecular formula is C15H21NO3. The number of phenols is 1. The van der Waals surface area contributed by atoms with Gasteiger partial charge in [-0.25, -0.2) is 4.79 Å². The molecule has 0 heterocycles. The van der Waals surface area contributed by atoms with Crippen LogP contribution in [-0.4, -0.2) is 28.7 Å². The van der Waals surface area contributed by atoms with E-state index in [1.807, 2.05) is 32.9 Å². The number of benzene rings is 1. The number of aromatic hydroxyl groups is 1. The summed E-state index contributed by atoms with van der Waals surface area (Å²) in [6, 6.07) is 5.45. The monoisotopic (exact) mass is 263 g/mol. The van der Waals surface area contributed by atoms with Crippen LogP contribution in [0.1, 0.15) is 44.4 Å². The molecule has 0 spiro atoms. The highest BCUT2D eigenvalue weighted by molar-refractivity contribution is 5.69. The largest absolute Gasteiger partial charge is 0.508 e. The molecule has 4 heteroatoms. The van der Waals surface area contributed by atoms with Gasteiger partial charge in [0.15, 0.2) is 0 Å². The van der Waals surface area contributed by atoms with Gasteiger partial charge in [-0.15, -0.1) is 0 Å². The van der Waals surface area contributed by atoms with Gasteiger partial charge in [-0.05, 0) is 50.8 Å². The van der Waals surface area contributed by atoms with Gasteiger partial charge in [-0.3, -0.25) is 0 Å². The summed E-state index contributed by atoms with van der Waals surface area (Å²) in [6.07, 6.45) is 1.29. The number of hydrogen-bond acceptors (Lipinski definition) is 3. The molecule has 1 aromatic rings. The van der Waals surface area contributed by atoms with Crippen molar-refractivity contribution in [2.45, 2.75) is 45.3 Å². The maximum absolute atomic E-state index is 12.1. The average Bonchev–Trinajstić information content (AvgIpc) is 2.71. The molecule has 19 heavy (non-hydrogen) atoms. The molecule has 1 aromatic carbocycles. The lowest BCUT2D eigenvalue weighted by molar-refractivity contribution is 0.0220. The summed E-state index contributed by atoms with van der Waals surface area (Å²) in [4.78, 5) is 13.7. The molecule has 104 valence electrons. The van der Waals surface area contributed by atoms with E-state index in [2.05, 4.69) is 0 Å². The van der Waals surface area contributed by atoms with E-state index in [-0.39, 0.29) is 12.1 Å². The summed E-state index contributed by atoms with van der Waals surface area (Å²) in [5.41, 5.74) is 1.47. The van der Waals surface area contributed by atoms with Crippen LogP contribution in [0.2, 0.25) is 0 Å². The van der Waals surface area contributed by atoms with Gasteiger partial charge in [0.05, 0.1) is 6.04 Å². The summed E-state index contributed by atoms with van der Waals surface area (Å²) in [5, 5.41) is 9.82. The molecule has 0 radical (unpaired) electrons. The number of phenolic OH excluding ortho intramolecular Hbond substituents is 1. The van der Waals surface area contributed by atoms with Crippen molar-refractivity contribution in [1.29, 1.82) is 0 Å². The first-order valence-corrected chi connectivity index (χ1v) is 6.56. The number of fused-ring (bicyclic) bond motifs is 1. The van der Waals surface area contributed by atoms with E-state index >= 15 is 0 Å². The molecule has 0 bridgehead atoms. The summed E-state index contributed by atoms with van der Waals surface area (Å²) in [5.74, 6) is 0.317. The Kier molecular flexibility index (Phi) is 3.43. The SMILES string of the molecule is CN(C(=O)OC(C)(C)C)C1CCc2c(O)cccc21. The minimum Gasteiger partial charge on any atom is -0.508 e. The van der Waals surface area contributed by atoms with Crippen molar-refractivity contribution >= 4 is 6.09 Å². The van der Waals surface area contributed by atoms with E-state index in [4.69, 9.17) is 4.74 Å².